The number of non-ortho nitro benzene ring substituents is 1. The number of anilines is 1. The number of carbonyl (C=O) groups excluding carboxylic acids is 1. The van der Waals surface area contributed by atoms with Crippen LogP contribution in [0.1, 0.15) is 16.1 Å². The van der Waals surface area contributed by atoms with Crippen LogP contribution in [0.25, 0.3) is 10.2 Å². The number of nitrogens with zero attached hydrogens (tertiary/aromatic N) is 4. The van der Waals surface area contributed by atoms with E-state index in [0.717, 1.165) is 4.70 Å². The maximum absolute atomic E-state index is 13.5. The second-order valence-electron chi connectivity index (χ2n) is 6.66. The molecule has 32 heavy (non-hydrogen) atoms. The van der Waals surface area contributed by atoms with E-state index >= 15 is 0 Å². The molecule has 2 aromatic carbocycles. The van der Waals surface area contributed by atoms with Crippen LogP contribution < -0.4 is 14.4 Å². The van der Waals surface area contributed by atoms with Gasteiger partial charge in [0, 0.05) is 23.9 Å². The molecular weight excluding hydrogens is 432 g/mol. The molecule has 2 heterocycles. The van der Waals surface area contributed by atoms with Crippen LogP contribution in [0.4, 0.5) is 10.8 Å². The van der Waals surface area contributed by atoms with Crippen molar-refractivity contribution in [2.45, 2.75) is 6.54 Å². The fourth-order valence-corrected chi connectivity index (χ4v) is 4.25. The molecule has 0 N–H and O–H groups in total. The number of hydrogen-bond acceptors (Lipinski definition) is 8. The zero-order valence-corrected chi connectivity index (χ0v) is 18.0. The van der Waals surface area contributed by atoms with Gasteiger partial charge in [0.1, 0.15) is 21.7 Å². The summed E-state index contributed by atoms with van der Waals surface area (Å²) in [5, 5.41) is 11.6. The first-order valence-electron chi connectivity index (χ1n) is 9.49. The number of rotatable bonds is 7. The van der Waals surface area contributed by atoms with E-state index in [0.29, 0.717) is 27.8 Å². The minimum atomic E-state index is -0.534. The summed E-state index contributed by atoms with van der Waals surface area (Å²) in [5.41, 5.74) is 1.21. The van der Waals surface area contributed by atoms with Crippen molar-refractivity contribution < 1.29 is 19.2 Å². The molecule has 0 saturated carbocycles. The van der Waals surface area contributed by atoms with Gasteiger partial charge in [-0.3, -0.25) is 24.8 Å². The van der Waals surface area contributed by atoms with Crippen LogP contribution in [0.3, 0.4) is 0 Å². The van der Waals surface area contributed by atoms with Crippen LogP contribution in [0, 0.1) is 10.1 Å². The minimum absolute atomic E-state index is 0.132. The number of nitro groups is 1. The molecule has 0 spiro atoms. The Kier molecular flexibility index (Phi) is 5.95. The van der Waals surface area contributed by atoms with E-state index in [1.165, 1.54) is 40.5 Å². The lowest BCUT2D eigenvalue weighted by molar-refractivity contribution is -0.384. The molecule has 0 bridgehead atoms. The van der Waals surface area contributed by atoms with Gasteiger partial charge in [0.2, 0.25) is 0 Å². The Morgan fingerprint density at radius 1 is 1.09 bits per heavy atom. The fraction of sp³-hybridized carbons (Fsp3) is 0.136. The molecule has 4 rings (SSSR count). The van der Waals surface area contributed by atoms with Crippen molar-refractivity contribution in [3.05, 3.63) is 82.2 Å². The van der Waals surface area contributed by atoms with E-state index in [1.807, 2.05) is 6.07 Å². The summed E-state index contributed by atoms with van der Waals surface area (Å²) < 4.78 is 11.6. The topological polar surface area (TPSA) is 108 Å². The summed E-state index contributed by atoms with van der Waals surface area (Å²) in [6, 6.07) is 14.5. The maximum atomic E-state index is 13.5. The number of methoxy groups -OCH3 is 2. The molecule has 162 valence electrons. The average molecular weight is 450 g/mol. The monoisotopic (exact) mass is 450 g/mol. The highest BCUT2D eigenvalue weighted by Gasteiger charge is 2.25. The Morgan fingerprint density at radius 2 is 1.88 bits per heavy atom. The van der Waals surface area contributed by atoms with Crippen LogP contribution >= 0.6 is 11.3 Å². The molecule has 0 saturated heterocycles. The van der Waals surface area contributed by atoms with Crippen molar-refractivity contribution in [1.29, 1.82) is 0 Å². The Bertz CT molecular complexity index is 1250. The number of carbonyl (C=O) groups is 1. The largest absolute Gasteiger partial charge is 0.495 e. The number of nitro benzene ring substituents is 1. The third kappa shape index (κ3) is 4.08. The maximum Gasteiger partial charge on any atom is 0.270 e. The van der Waals surface area contributed by atoms with Crippen LogP contribution in [0.2, 0.25) is 0 Å². The summed E-state index contributed by atoms with van der Waals surface area (Å²) in [6.07, 6.45) is 1.63. The zero-order valence-electron chi connectivity index (χ0n) is 17.2. The molecule has 1 amide bonds. The van der Waals surface area contributed by atoms with Crippen molar-refractivity contribution in [3.63, 3.8) is 0 Å². The zero-order chi connectivity index (χ0) is 22.7. The Balaban J connectivity index is 1.84. The van der Waals surface area contributed by atoms with Crippen molar-refractivity contribution in [2.75, 3.05) is 19.1 Å². The molecule has 0 radical (unpaired) electrons. The van der Waals surface area contributed by atoms with Gasteiger partial charge in [0.25, 0.3) is 11.6 Å². The van der Waals surface area contributed by atoms with Crippen LogP contribution in [-0.4, -0.2) is 35.0 Å². The van der Waals surface area contributed by atoms with E-state index in [4.69, 9.17) is 9.47 Å². The Morgan fingerprint density at radius 3 is 2.56 bits per heavy atom. The first-order chi connectivity index (χ1) is 15.5. The van der Waals surface area contributed by atoms with Crippen molar-refractivity contribution in [1.82, 2.24) is 9.97 Å². The van der Waals surface area contributed by atoms with E-state index in [1.54, 1.807) is 44.7 Å². The molecular formula is C22H18N4O5S. The number of hydrogen-bond donors (Lipinski definition) is 0. The molecule has 0 aliphatic rings. The van der Waals surface area contributed by atoms with Gasteiger partial charge in [-0.05, 0) is 30.3 Å². The molecule has 0 fully saturated rings. The van der Waals surface area contributed by atoms with Gasteiger partial charge in [-0.15, -0.1) is 0 Å². The van der Waals surface area contributed by atoms with Crippen LogP contribution in [0.15, 0.2) is 60.8 Å². The van der Waals surface area contributed by atoms with Gasteiger partial charge in [-0.2, -0.15) is 0 Å². The summed E-state index contributed by atoms with van der Waals surface area (Å²) in [5.74, 6) is 0.713. The smallest absolute Gasteiger partial charge is 0.270 e. The molecule has 0 atom stereocenters. The lowest BCUT2D eigenvalue weighted by atomic mass is 10.1. The summed E-state index contributed by atoms with van der Waals surface area (Å²) in [7, 11) is 3.10. The minimum Gasteiger partial charge on any atom is -0.495 e. The number of aromatic nitrogens is 2. The van der Waals surface area contributed by atoms with Gasteiger partial charge in [-0.25, -0.2) is 4.98 Å². The van der Waals surface area contributed by atoms with E-state index in [-0.39, 0.29) is 17.8 Å². The van der Waals surface area contributed by atoms with E-state index in [9.17, 15) is 14.9 Å². The molecule has 0 aliphatic heterocycles. The summed E-state index contributed by atoms with van der Waals surface area (Å²) in [4.78, 5) is 34.6. The Hall–Kier alpha value is -4.05. The molecule has 0 unspecified atom stereocenters. The van der Waals surface area contributed by atoms with Crippen molar-refractivity contribution in [3.8, 4) is 11.5 Å². The highest BCUT2D eigenvalue weighted by molar-refractivity contribution is 7.22. The number of amides is 1. The molecule has 10 heteroatoms. The predicted octanol–water partition coefficient (Wildman–Crippen LogP) is 4.46. The number of pyridine rings is 1. The van der Waals surface area contributed by atoms with Crippen molar-refractivity contribution in [2.24, 2.45) is 0 Å². The second kappa shape index (κ2) is 8.98. The first-order valence-corrected chi connectivity index (χ1v) is 10.3. The molecule has 9 nitrogen and oxygen atoms in total. The number of benzene rings is 2. The highest BCUT2D eigenvalue weighted by Crippen LogP contribution is 2.40. The molecule has 4 aromatic rings. The van der Waals surface area contributed by atoms with Crippen molar-refractivity contribution >= 4 is 38.3 Å². The average Bonchev–Trinajstić information content (AvgIpc) is 3.27. The predicted molar refractivity (Wildman–Crippen MR) is 121 cm³/mol. The van der Waals surface area contributed by atoms with Gasteiger partial charge in [-0.1, -0.05) is 23.5 Å². The third-order valence-corrected chi connectivity index (χ3v) is 5.82. The van der Waals surface area contributed by atoms with Gasteiger partial charge in [0.05, 0.1) is 31.4 Å². The van der Waals surface area contributed by atoms with Crippen LogP contribution in [-0.2, 0) is 6.54 Å². The molecule has 0 aliphatic carbocycles. The first kappa shape index (κ1) is 21.2. The quantitative estimate of drug-likeness (QED) is 0.302. The fourth-order valence-electron chi connectivity index (χ4n) is 3.18. The number of fused-ring (bicyclic) bond motifs is 1. The third-order valence-electron chi connectivity index (χ3n) is 4.73. The lowest BCUT2D eigenvalue weighted by Crippen LogP contribution is -2.30. The van der Waals surface area contributed by atoms with Crippen LogP contribution in [0.5, 0.6) is 11.5 Å². The second-order valence-corrected chi connectivity index (χ2v) is 7.64. The highest BCUT2D eigenvalue weighted by atomic mass is 32.1. The summed E-state index contributed by atoms with van der Waals surface area (Å²) >= 11 is 1.27. The normalized spacial score (nSPS) is 10.7. The standard InChI is InChI=1S/C22H18N4O5S/c1-30-17-9-10-18(31-2)20-19(17)24-22(32-20)25(13-15-7-3-4-11-23-15)21(27)14-6-5-8-16(12-14)26(28)29/h3-12H,13H2,1-2H3. The number of ether oxygens (including phenoxy) is 2. The summed E-state index contributed by atoms with van der Waals surface area (Å²) in [6.45, 7) is 0.132. The lowest BCUT2D eigenvalue weighted by Gasteiger charge is -2.19. The molecule has 2 aromatic heterocycles. The number of thiazole rings is 1. The van der Waals surface area contributed by atoms with E-state index < -0.39 is 10.8 Å². The SMILES string of the molecule is COc1ccc(OC)c2sc(N(Cc3ccccn3)C(=O)c3cccc([N+](=O)[O-])c3)nc12. The van der Waals surface area contributed by atoms with Gasteiger partial charge >= 0.3 is 0 Å². The Labute approximate surface area is 187 Å². The van der Waals surface area contributed by atoms with Gasteiger partial charge in [0.15, 0.2) is 5.13 Å². The van der Waals surface area contributed by atoms with Gasteiger partial charge < -0.3 is 9.47 Å². The van der Waals surface area contributed by atoms with E-state index in [2.05, 4.69) is 9.97 Å².